The molecule has 2 heterocycles. The maximum absolute atomic E-state index is 12.9. The van der Waals surface area contributed by atoms with Gasteiger partial charge in [0.15, 0.2) is 0 Å². The molecule has 6 heteroatoms. The van der Waals surface area contributed by atoms with Crippen molar-refractivity contribution >= 4 is 29.9 Å². The highest BCUT2D eigenvalue weighted by atomic mass is 16.7. The molecule has 0 saturated carbocycles. The average molecular weight is 406 g/mol. The van der Waals surface area contributed by atoms with E-state index in [-0.39, 0.29) is 5.91 Å². The zero-order valence-electron chi connectivity index (χ0n) is 18.4. The Morgan fingerprint density at radius 1 is 0.933 bits per heavy atom. The standard InChI is InChI=1S/C24H31BN2O3/c1-23(2)24(3,4)30-25(29-23)19-11-9-12-20(17-19)26-22(28)18-10-8-13-21(16-18)27-14-6-5-7-15-27/h8-13,16-17H,5-7,14-15H2,1-4H3,(H,26,28). The van der Waals surface area contributed by atoms with Gasteiger partial charge in [-0.1, -0.05) is 18.2 Å². The van der Waals surface area contributed by atoms with Crippen LogP contribution in [-0.2, 0) is 9.31 Å². The first-order valence-electron chi connectivity index (χ1n) is 10.9. The Hall–Kier alpha value is -2.31. The smallest absolute Gasteiger partial charge is 0.399 e. The lowest BCUT2D eigenvalue weighted by Gasteiger charge is -2.32. The first kappa shape index (κ1) is 20.9. The van der Waals surface area contributed by atoms with Crippen LogP contribution < -0.4 is 15.7 Å². The average Bonchev–Trinajstić information content (AvgIpc) is 2.96. The van der Waals surface area contributed by atoms with E-state index in [4.69, 9.17) is 9.31 Å². The molecule has 2 aliphatic rings. The summed E-state index contributed by atoms with van der Waals surface area (Å²) in [4.78, 5) is 15.3. The highest BCUT2D eigenvalue weighted by Crippen LogP contribution is 2.36. The third-order valence-corrected chi connectivity index (χ3v) is 6.50. The van der Waals surface area contributed by atoms with Gasteiger partial charge >= 0.3 is 7.12 Å². The van der Waals surface area contributed by atoms with Crippen molar-refractivity contribution in [1.82, 2.24) is 0 Å². The number of piperidine rings is 1. The molecule has 4 rings (SSSR count). The zero-order valence-corrected chi connectivity index (χ0v) is 18.4. The highest BCUT2D eigenvalue weighted by molar-refractivity contribution is 6.62. The minimum Gasteiger partial charge on any atom is -0.399 e. The molecule has 0 atom stereocenters. The van der Waals surface area contributed by atoms with Crippen LogP contribution in [0.15, 0.2) is 48.5 Å². The van der Waals surface area contributed by atoms with Gasteiger partial charge in [-0.25, -0.2) is 0 Å². The van der Waals surface area contributed by atoms with Crippen molar-refractivity contribution in [3.63, 3.8) is 0 Å². The molecule has 1 N–H and O–H groups in total. The molecule has 0 radical (unpaired) electrons. The second kappa shape index (κ2) is 8.08. The number of anilines is 2. The van der Waals surface area contributed by atoms with Gasteiger partial charge in [0.2, 0.25) is 0 Å². The second-order valence-corrected chi connectivity index (χ2v) is 9.27. The van der Waals surface area contributed by atoms with Gasteiger partial charge in [0, 0.05) is 30.0 Å². The summed E-state index contributed by atoms with van der Waals surface area (Å²) in [5, 5.41) is 3.03. The quantitative estimate of drug-likeness (QED) is 0.773. The van der Waals surface area contributed by atoms with Crippen LogP contribution >= 0.6 is 0 Å². The van der Waals surface area contributed by atoms with Crippen molar-refractivity contribution in [2.75, 3.05) is 23.3 Å². The molecule has 2 aromatic rings. The summed E-state index contributed by atoms with van der Waals surface area (Å²) >= 11 is 0. The lowest BCUT2D eigenvalue weighted by atomic mass is 9.79. The summed E-state index contributed by atoms with van der Waals surface area (Å²) in [5.74, 6) is -0.111. The van der Waals surface area contributed by atoms with E-state index in [1.807, 2.05) is 70.2 Å². The van der Waals surface area contributed by atoms with Gasteiger partial charge < -0.3 is 19.5 Å². The van der Waals surface area contributed by atoms with Gasteiger partial charge in [0.25, 0.3) is 5.91 Å². The Morgan fingerprint density at radius 3 is 2.30 bits per heavy atom. The Morgan fingerprint density at radius 2 is 1.60 bits per heavy atom. The van der Waals surface area contributed by atoms with Crippen LogP contribution in [0.5, 0.6) is 0 Å². The maximum Gasteiger partial charge on any atom is 0.494 e. The summed E-state index contributed by atoms with van der Waals surface area (Å²) < 4.78 is 12.3. The molecule has 158 valence electrons. The Balaban J connectivity index is 1.47. The largest absolute Gasteiger partial charge is 0.494 e. The van der Waals surface area contributed by atoms with E-state index >= 15 is 0 Å². The monoisotopic (exact) mass is 406 g/mol. The van der Waals surface area contributed by atoms with Crippen LogP contribution in [0.25, 0.3) is 0 Å². The molecular weight excluding hydrogens is 375 g/mol. The Bertz CT molecular complexity index is 906. The van der Waals surface area contributed by atoms with Gasteiger partial charge in [0.1, 0.15) is 0 Å². The van der Waals surface area contributed by atoms with E-state index < -0.39 is 18.3 Å². The predicted octanol–water partition coefficient (Wildman–Crippen LogP) is 4.23. The predicted molar refractivity (Wildman–Crippen MR) is 123 cm³/mol. The summed E-state index contributed by atoms with van der Waals surface area (Å²) in [6.45, 7) is 10.3. The fourth-order valence-electron chi connectivity index (χ4n) is 3.94. The number of carbonyl (C=O) groups is 1. The third kappa shape index (κ3) is 4.25. The Labute approximate surface area is 179 Å². The Kier molecular flexibility index (Phi) is 5.64. The topological polar surface area (TPSA) is 50.8 Å². The van der Waals surface area contributed by atoms with E-state index in [1.54, 1.807) is 0 Å². The molecule has 0 unspecified atom stereocenters. The first-order chi connectivity index (χ1) is 14.2. The summed E-state index contributed by atoms with van der Waals surface area (Å²) in [5.41, 5.74) is 2.62. The molecule has 0 aliphatic carbocycles. The van der Waals surface area contributed by atoms with E-state index in [0.717, 1.165) is 29.9 Å². The molecule has 2 aromatic carbocycles. The number of nitrogens with one attached hydrogen (secondary N) is 1. The summed E-state index contributed by atoms with van der Waals surface area (Å²) in [6.07, 6.45) is 3.71. The maximum atomic E-state index is 12.9. The first-order valence-corrected chi connectivity index (χ1v) is 10.9. The van der Waals surface area contributed by atoms with E-state index in [0.29, 0.717) is 5.56 Å². The third-order valence-electron chi connectivity index (χ3n) is 6.50. The van der Waals surface area contributed by atoms with Crippen molar-refractivity contribution in [3.05, 3.63) is 54.1 Å². The van der Waals surface area contributed by atoms with Crippen molar-refractivity contribution in [2.24, 2.45) is 0 Å². The molecule has 2 fully saturated rings. The van der Waals surface area contributed by atoms with E-state index in [9.17, 15) is 4.79 Å². The van der Waals surface area contributed by atoms with Crippen molar-refractivity contribution in [3.8, 4) is 0 Å². The van der Waals surface area contributed by atoms with Crippen LogP contribution in [0.3, 0.4) is 0 Å². The lowest BCUT2D eigenvalue weighted by molar-refractivity contribution is 0.00578. The molecule has 1 amide bonds. The van der Waals surface area contributed by atoms with E-state index in [1.165, 1.54) is 19.3 Å². The van der Waals surface area contributed by atoms with Crippen molar-refractivity contribution in [1.29, 1.82) is 0 Å². The van der Waals surface area contributed by atoms with Gasteiger partial charge in [-0.15, -0.1) is 0 Å². The van der Waals surface area contributed by atoms with Crippen molar-refractivity contribution < 1.29 is 14.1 Å². The highest BCUT2D eigenvalue weighted by Gasteiger charge is 2.51. The number of hydrogen-bond donors (Lipinski definition) is 1. The van der Waals surface area contributed by atoms with Gasteiger partial charge in [-0.2, -0.15) is 0 Å². The minimum absolute atomic E-state index is 0.111. The molecule has 0 bridgehead atoms. The van der Waals surface area contributed by atoms with E-state index in [2.05, 4.69) is 16.3 Å². The molecule has 2 saturated heterocycles. The number of benzene rings is 2. The van der Waals surface area contributed by atoms with Gasteiger partial charge in [-0.05, 0) is 82.8 Å². The molecule has 0 spiro atoms. The van der Waals surface area contributed by atoms with Crippen LogP contribution in [0, 0.1) is 0 Å². The van der Waals surface area contributed by atoms with Crippen molar-refractivity contribution in [2.45, 2.75) is 58.2 Å². The normalized spacial score (nSPS) is 20.3. The van der Waals surface area contributed by atoms with Crippen LogP contribution in [0.1, 0.15) is 57.3 Å². The number of nitrogens with zero attached hydrogens (tertiary/aromatic N) is 1. The summed E-state index contributed by atoms with van der Waals surface area (Å²) in [6, 6.07) is 15.6. The SMILES string of the molecule is CC1(C)OB(c2cccc(NC(=O)c3cccc(N4CCCCC4)c3)c2)OC1(C)C. The number of amides is 1. The summed E-state index contributed by atoms with van der Waals surface area (Å²) in [7, 11) is -0.450. The molecular formula is C24H31BN2O3. The fourth-order valence-corrected chi connectivity index (χ4v) is 3.94. The second-order valence-electron chi connectivity index (χ2n) is 9.27. The van der Waals surface area contributed by atoms with Crippen LogP contribution in [-0.4, -0.2) is 37.3 Å². The molecule has 30 heavy (non-hydrogen) atoms. The number of hydrogen-bond acceptors (Lipinski definition) is 4. The van der Waals surface area contributed by atoms with Gasteiger partial charge in [-0.3, -0.25) is 4.79 Å². The molecule has 2 aliphatic heterocycles. The minimum atomic E-state index is -0.450. The zero-order chi connectivity index (χ0) is 21.4. The van der Waals surface area contributed by atoms with Crippen LogP contribution in [0.4, 0.5) is 11.4 Å². The number of carbonyl (C=O) groups excluding carboxylic acids is 1. The lowest BCUT2D eigenvalue weighted by Crippen LogP contribution is -2.41. The van der Waals surface area contributed by atoms with Crippen LogP contribution in [0.2, 0.25) is 0 Å². The molecule has 0 aromatic heterocycles. The molecule has 5 nitrogen and oxygen atoms in total. The fraction of sp³-hybridized carbons (Fsp3) is 0.458. The van der Waals surface area contributed by atoms with Gasteiger partial charge in [0.05, 0.1) is 11.2 Å². The number of rotatable bonds is 4.